The van der Waals surface area contributed by atoms with Gasteiger partial charge in [-0.2, -0.15) is 0 Å². The fraction of sp³-hybridized carbons (Fsp3) is 0.333. The molecule has 0 N–H and O–H groups in total. The summed E-state index contributed by atoms with van der Waals surface area (Å²) in [5.41, 5.74) is -1.68. The van der Waals surface area contributed by atoms with Crippen molar-refractivity contribution in [3.63, 3.8) is 0 Å². The molecular formula is C9H6F5NO3. The number of alkyl halides is 5. The molecule has 100 valence electrons. The Morgan fingerprint density at radius 1 is 1.39 bits per heavy atom. The minimum atomic E-state index is -5.17. The predicted octanol–water partition coefficient (Wildman–Crippen LogP) is 2.74. The molecular weight excluding hydrogens is 265 g/mol. The predicted molar refractivity (Wildman–Crippen MR) is 47.8 cm³/mol. The van der Waals surface area contributed by atoms with E-state index in [0.29, 0.717) is 6.07 Å². The summed E-state index contributed by atoms with van der Waals surface area (Å²) < 4.78 is 69.2. The molecule has 0 saturated carbocycles. The minimum absolute atomic E-state index is 0.0843. The molecule has 1 rings (SSSR count). The van der Waals surface area contributed by atoms with Crippen molar-refractivity contribution in [3.8, 4) is 11.6 Å². The number of carbonyl (C=O) groups excluding carboxylic acids is 1. The molecule has 4 nitrogen and oxygen atoms in total. The van der Waals surface area contributed by atoms with Gasteiger partial charge in [-0.15, -0.1) is 13.2 Å². The van der Waals surface area contributed by atoms with Gasteiger partial charge in [-0.3, -0.25) is 4.79 Å². The Labute approximate surface area is 97.3 Å². The molecule has 0 aromatic carbocycles. The highest BCUT2D eigenvalue weighted by molar-refractivity contribution is 5.73. The number of hydrogen-bond donors (Lipinski definition) is 0. The highest BCUT2D eigenvalue weighted by atomic mass is 19.4. The van der Waals surface area contributed by atoms with Gasteiger partial charge in [0.1, 0.15) is 17.0 Å². The van der Waals surface area contributed by atoms with Gasteiger partial charge in [0.15, 0.2) is 6.29 Å². The molecule has 0 aliphatic rings. The third-order valence-electron chi connectivity index (χ3n) is 1.76. The second-order valence-corrected chi connectivity index (χ2v) is 2.93. The summed E-state index contributed by atoms with van der Waals surface area (Å²) in [6.45, 7) is 0. The van der Waals surface area contributed by atoms with Crippen LogP contribution in [0.1, 0.15) is 22.5 Å². The van der Waals surface area contributed by atoms with Gasteiger partial charge in [0.05, 0.1) is 7.11 Å². The lowest BCUT2D eigenvalue weighted by Gasteiger charge is -2.15. The Kier molecular flexibility index (Phi) is 4.04. The number of methoxy groups -OCH3 is 1. The van der Waals surface area contributed by atoms with Crippen LogP contribution in [0.2, 0.25) is 0 Å². The Hall–Kier alpha value is -1.93. The van der Waals surface area contributed by atoms with Gasteiger partial charge in [0.2, 0.25) is 5.88 Å². The standard InChI is InChI=1S/C9H6F5NO3/c1-17-8-6(7(10)11)5(18-9(12,13)14)2-4(3-16)15-8/h2-3,7H,1H3. The number of aldehydes is 1. The second kappa shape index (κ2) is 5.15. The average Bonchev–Trinajstić information content (AvgIpc) is 2.25. The summed E-state index contributed by atoms with van der Waals surface area (Å²) in [4.78, 5) is 13.7. The van der Waals surface area contributed by atoms with Crippen molar-refractivity contribution in [2.24, 2.45) is 0 Å². The number of carbonyl (C=O) groups is 1. The van der Waals surface area contributed by atoms with Crippen molar-refractivity contribution < 1.29 is 36.2 Å². The van der Waals surface area contributed by atoms with Crippen LogP contribution < -0.4 is 9.47 Å². The minimum Gasteiger partial charge on any atom is -0.481 e. The highest BCUT2D eigenvalue weighted by Crippen LogP contribution is 2.38. The third kappa shape index (κ3) is 3.28. The summed E-state index contributed by atoms with van der Waals surface area (Å²) in [5, 5.41) is 0. The molecule has 0 saturated heterocycles. The molecule has 18 heavy (non-hydrogen) atoms. The molecule has 0 unspecified atom stereocenters. The SMILES string of the molecule is COc1nc(C=O)cc(OC(F)(F)F)c1C(F)F. The molecule has 0 aliphatic carbocycles. The Balaban J connectivity index is 3.39. The Morgan fingerprint density at radius 2 is 2.00 bits per heavy atom. The number of nitrogens with zero attached hydrogens (tertiary/aromatic N) is 1. The van der Waals surface area contributed by atoms with Gasteiger partial charge in [-0.25, -0.2) is 13.8 Å². The largest absolute Gasteiger partial charge is 0.573 e. The highest BCUT2D eigenvalue weighted by Gasteiger charge is 2.35. The van der Waals surface area contributed by atoms with E-state index >= 15 is 0 Å². The zero-order valence-electron chi connectivity index (χ0n) is 8.79. The van der Waals surface area contributed by atoms with E-state index in [-0.39, 0.29) is 6.29 Å². The number of hydrogen-bond acceptors (Lipinski definition) is 4. The first-order chi connectivity index (χ1) is 8.28. The van der Waals surface area contributed by atoms with E-state index in [9.17, 15) is 26.7 Å². The van der Waals surface area contributed by atoms with Crippen LogP contribution in [-0.4, -0.2) is 24.7 Å². The van der Waals surface area contributed by atoms with Crippen LogP contribution in [0.25, 0.3) is 0 Å². The van der Waals surface area contributed by atoms with E-state index in [1.807, 2.05) is 0 Å². The van der Waals surface area contributed by atoms with E-state index in [4.69, 9.17) is 0 Å². The molecule has 0 amide bonds. The number of pyridine rings is 1. The third-order valence-corrected chi connectivity index (χ3v) is 1.76. The van der Waals surface area contributed by atoms with Gasteiger partial charge in [0.25, 0.3) is 6.43 Å². The van der Waals surface area contributed by atoms with Crippen LogP contribution >= 0.6 is 0 Å². The van der Waals surface area contributed by atoms with Gasteiger partial charge < -0.3 is 9.47 Å². The van der Waals surface area contributed by atoms with Crippen LogP contribution in [0.5, 0.6) is 11.6 Å². The quantitative estimate of drug-likeness (QED) is 0.624. The molecule has 0 radical (unpaired) electrons. The molecule has 1 aromatic rings. The van der Waals surface area contributed by atoms with Gasteiger partial charge in [-0.05, 0) is 0 Å². The van der Waals surface area contributed by atoms with Crippen LogP contribution in [0.4, 0.5) is 22.0 Å². The first-order valence-corrected chi connectivity index (χ1v) is 4.36. The fourth-order valence-electron chi connectivity index (χ4n) is 1.15. The molecule has 0 atom stereocenters. The normalized spacial score (nSPS) is 11.5. The number of rotatable bonds is 4. The van der Waals surface area contributed by atoms with E-state index in [0.717, 1.165) is 7.11 Å². The first-order valence-electron chi connectivity index (χ1n) is 4.36. The van der Waals surface area contributed by atoms with E-state index < -0.39 is 35.7 Å². The topological polar surface area (TPSA) is 48.4 Å². The lowest BCUT2D eigenvalue weighted by molar-refractivity contribution is -0.275. The molecule has 9 heteroatoms. The molecule has 1 aromatic heterocycles. The molecule has 0 bridgehead atoms. The zero-order valence-corrected chi connectivity index (χ0v) is 8.79. The molecule has 0 aliphatic heterocycles. The molecule has 0 fully saturated rings. The lowest BCUT2D eigenvalue weighted by atomic mass is 10.2. The van der Waals surface area contributed by atoms with Crippen LogP contribution in [0.3, 0.4) is 0 Å². The maximum absolute atomic E-state index is 12.6. The van der Waals surface area contributed by atoms with Gasteiger partial charge >= 0.3 is 6.36 Å². The number of ether oxygens (including phenoxy) is 2. The first kappa shape index (κ1) is 14.1. The second-order valence-electron chi connectivity index (χ2n) is 2.93. The van der Waals surface area contributed by atoms with Gasteiger partial charge in [0, 0.05) is 6.07 Å². The van der Waals surface area contributed by atoms with E-state index in [2.05, 4.69) is 14.5 Å². The van der Waals surface area contributed by atoms with Crippen molar-refractivity contribution in [2.45, 2.75) is 12.8 Å². The maximum atomic E-state index is 12.6. The average molecular weight is 271 g/mol. The van der Waals surface area contributed by atoms with Crippen LogP contribution in [0, 0.1) is 0 Å². The molecule has 0 spiro atoms. The monoisotopic (exact) mass is 271 g/mol. The number of aromatic nitrogens is 1. The van der Waals surface area contributed by atoms with E-state index in [1.165, 1.54) is 0 Å². The van der Waals surface area contributed by atoms with Crippen molar-refractivity contribution in [1.29, 1.82) is 0 Å². The summed E-state index contributed by atoms with van der Waals surface area (Å²) >= 11 is 0. The zero-order chi connectivity index (χ0) is 13.9. The Morgan fingerprint density at radius 3 is 2.39 bits per heavy atom. The summed E-state index contributed by atoms with van der Waals surface area (Å²) in [6.07, 6.45) is -8.39. The maximum Gasteiger partial charge on any atom is 0.573 e. The van der Waals surface area contributed by atoms with Crippen molar-refractivity contribution >= 4 is 6.29 Å². The summed E-state index contributed by atoms with van der Waals surface area (Å²) in [5.74, 6) is -2.01. The van der Waals surface area contributed by atoms with Crippen LogP contribution in [0.15, 0.2) is 6.07 Å². The summed E-state index contributed by atoms with van der Waals surface area (Å²) in [6, 6.07) is 0.463. The summed E-state index contributed by atoms with van der Waals surface area (Å²) in [7, 11) is 0.931. The van der Waals surface area contributed by atoms with Crippen LogP contribution in [-0.2, 0) is 0 Å². The smallest absolute Gasteiger partial charge is 0.481 e. The van der Waals surface area contributed by atoms with E-state index in [1.54, 1.807) is 0 Å². The van der Waals surface area contributed by atoms with Crippen molar-refractivity contribution in [3.05, 3.63) is 17.3 Å². The van der Waals surface area contributed by atoms with Gasteiger partial charge in [-0.1, -0.05) is 0 Å². The van der Waals surface area contributed by atoms with Crippen molar-refractivity contribution in [2.75, 3.05) is 7.11 Å². The molecule has 1 heterocycles. The lowest BCUT2D eigenvalue weighted by Crippen LogP contribution is -2.19. The number of halogens is 5. The fourth-order valence-corrected chi connectivity index (χ4v) is 1.15. The van der Waals surface area contributed by atoms with Crippen molar-refractivity contribution in [1.82, 2.24) is 4.98 Å². The Bertz CT molecular complexity index is 447.